The van der Waals surface area contributed by atoms with Gasteiger partial charge in [0.1, 0.15) is 29.5 Å². The van der Waals surface area contributed by atoms with Gasteiger partial charge in [-0.3, -0.25) is 9.59 Å². The highest BCUT2D eigenvalue weighted by atomic mass is 19.1. The lowest BCUT2D eigenvalue weighted by atomic mass is 10.0. The fourth-order valence-corrected chi connectivity index (χ4v) is 4.00. The molecule has 1 aliphatic heterocycles. The van der Waals surface area contributed by atoms with Gasteiger partial charge >= 0.3 is 0 Å². The van der Waals surface area contributed by atoms with Crippen LogP contribution in [0.4, 0.5) is 4.39 Å². The zero-order valence-electron chi connectivity index (χ0n) is 18.9. The molecule has 0 bridgehead atoms. The summed E-state index contributed by atoms with van der Waals surface area (Å²) in [5.74, 6) is 0.282. The van der Waals surface area contributed by atoms with Crippen LogP contribution >= 0.6 is 0 Å². The van der Waals surface area contributed by atoms with Crippen LogP contribution in [0.1, 0.15) is 34.8 Å². The normalized spacial score (nSPS) is 14.8. The van der Waals surface area contributed by atoms with E-state index in [1.807, 2.05) is 30.3 Å². The van der Waals surface area contributed by atoms with Crippen LogP contribution in [-0.2, 0) is 4.79 Å². The number of hydrogen-bond acceptors (Lipinski definition) is 4. The van der Waals surface area contributed by atoms with Gasteiger partial charge in [-0.2, -0.15) is 0 Å². The number of carbonyl (C=O) groups excluding carboxylic acids is 2. The quantitative estimate of drug-likeness (QED) is 0.566. The Balaban J connectivity index is 1.43. The molecule has 0 radical (unpaired) electrons. The van der Waals surface area contributed by atoms with Crippen LogP contribution in [0.25, 0.3) is 0 Å². The molecular weight excluding hydrogens is 435 g/mol. The molecule has 7 heteroatoms. The van der Waals surface area contributed by atoms with Crippen LogP contribution in [0, 0.1) is 5.82 Å². The number of piperidine rings is 1. The minimum atomic E-state index is -0.809. The number of amides is 2. The van der Waals surface area contributed by atoms with Gasteiger partial charge in [0, 0.05) is 37.6 Å². The van der Waals surface area contributed by atoms with Crippen LogP contribution in [-0.4, -0.2) is 43.0 Å². The van der Waals surface area contributed by atoms with Gasteiger partial charge in [-0.25, -0.2) is 4.39 Å². The molecule has 176 valence electrons. The minimum Gasteiger partial charge on any atom is -0.497 e. The molecule has 3 aromatic rings. The average Bonchev–Trinajstić information content (AvgIpc) is 2.88. The van der Waals surface area contributed by atoms with E-state index in [4.69, 9.17) is 9.47 Å². The van der Waals surface area contributed by atoms with E-state index in [-0.39, 0.29) is 23.7 Å². The Bertz CT molecular complexity index is 1110. The van der Waals surface area contributed by atoms with Crippen LogP contribution in [0.5, 0.6) is 11.5 Å². The Kier molecular flexibility index (Phi) is 7.42. The number of nitrogens with zero attached hydrogens (tertiary/aromatic N) is 1. The summed E-state index contributed by atoms with van der Waals surface area (Å²) in [6, 6.07) is 21.2. The summed E-state index contributed by atoms with van der Waals surface area (Å²) in [7, 11) is 1.56. The summed E-state index contributed by atoms with van der Waals surface area (Å²) >= 11 is 0. The van der Waals surface area contributed by atoms with E-state index in [2.05, 4.69) is 5.32 Å². The van der Waals surface area contributed by atoms with Crippen LogP contribution in [0.2, 0.25) is 0 Å². The highest BCUT2D eigenvalue weighted by Gasteiger charge is 2.31. The molecule has 1 atom stereocenters. The molecule has 34 heavy (non-hydrogen) atoms. The van der Waals surface area contributed by atoms with Gasteiger partial charge in [0.25, 0.3) is 5.91 Å². The third-order valence-corrected chi connectivity index (χ3v) is 5.86. The monoisotopic (exact) mass is 462 g/mol. The summed E-state index contributed by atoms with van der Waals surface area (Å²) in [5, 5.41) is 2.90. The maximum Gasteiger partial charge on any atom is 0.252 e. The maximum atomic E-state index is 13.5. The Morgan fingerprint density at radius 3 is 2.29 bits per heavy atom. The highest BCUT2D eigenvalue weighted by Crippen LogP contribution is 2.23. The minimum absolute atomic E-state index is 0.102. The first kappa shape index (κ1) is 23.3. The molecule has 1 fully saturated rings. The molecule has 0 aliphatic carbocycles. The number of nitrogens with one attached hydrogen (secondary N) is 1. The molecule has 0 saturated carbocycles. The molecule has 0 spiro atoms. The molecule has 1 unspecified atom stereocenters. The molecule has 1 aliphatic rings. The molecule has 1 heterocycles. The molecule has 0 aromatic heterocycles. The highest BCUT2D eigenvalue weighted by molar-refractivity contribution is 5.98. The second-order valence-electron chi connectivity index (χ2n) is 8.15. The van der Waals surface area contributed by atoms with Gasteiger partial charge in [-0.05, 0) is 42.0 Å². The van der Waals surface area contributed by atoms with Crippen molar-refractivity contribution in [2.75, 3.05) is 20.2 Å². The smallest absolute Gasteiger partial charge is 0.252 e. The third-order valence-electron chi connectivity index (χ3n) is 5.86. The zero-order valence-corrected chi connectivity index (χ0v) is 18.9. The van der Waals surface area contributed by atoms with Crippen LogP contribution in [0.3, 0.4) is 0 Å². The predicted molar refractivity (Wildman–Crippen MR) is 126 cm³/mol. The van der Waals surface area contributed by atoms with Gasteiger partial charge in [-0.1, -0.05) is 36.4 Å². The Morgan fingerprint density at radius 2 is 1.65 bits per heavy atom. The SMILES string of the molecule is COc1ccc(C(=O)NC(C(=O)N2CCC(Oc3cccc(F)c3)CC2)c2ccccc2)cc1. The topological polar surface area (TPSA) is 67.9 Å². The van der Waals surface area contributed by atoms with Crippen molar-refractivity contribution in [1.82, 2.24) is 10.2 Å². The van der Waals surface area contributed by atoms with Crippen molar-refractivity contribution in [2.45, 2.75) is 25.0 Å². The molecule has 6 nitrogen and oxygen atoms in total. The predicted octanol–water partition coefficient (Wildman–Crippen LogP) is 4.38. The summed E-state index contributed by atoms with van der Waals surface area (Å²) in [5.41, 5.74) is 1.16. The molecule has 1 N–H and O–H groups in total. The number of rotatable bonds is 7. The first-order valence-electron chi connectivity index (χ1n) is 11.2. The Hall–Kier alpha value is -3.87. The van der Waals surface area contributed by atoms with Crippen LogP contribution < -0.4 is 14.8 Å². The first-order chi connectivity index (χ1) is 16.5. The van der Waals surface area contributed by atoms with E-state index >= 15 is 0 Å². The van der Waals surface area contributed by atoms with E-state index < -0.39 is 6.04 Å². The molecular formula is C27H27FN2O4. The number of likely N-dealkylation sites (tertiary alicyclic amines) is 1. The van der Waals surface area contributed by atoms with Crippen molar-refractivity contribution < 1.29 is 23.5 Å². The second kappa shape index (κ2) is 10.8. The van der Waals surface area contributed by atoms with E-state index in [1.54, 1.807) is 48.4 Å². The lowest BCUT2D eigenvalue weighted by Crippen LogP contribution is -2.47. The summed E-state index contributed by atoms with van der Waals surface area (Å²) < 4.78 is 24.5. The summed E-state index contributed by atoms with van der Waals surface area (Å²) in [6.07, 6.45) is 1.14. The van der Waals surface area contributed by atoms with Gasteiger partial charge in [-0.15, -0.1) is 0 Å². The standard InChI is InChI=1S/C27H27FN2O4/c1-33-22-12-10-20(11-13-22)26(31)29-25(19-6-3-2-4-7-19)27(32)30-16-14-23(15-17-30)34-24-9-5-8-21(28)18-24/h2-13,18,23,25H,14-17H2,1H3,(H,29,31). The van der Waals surface area contributed by atoms with Crippen molar-refractivity contribution in [3.05, 3.63) is 95.8 Å². The number of benzene rings is 3. The maximum absolute atomic E-state index is 13.5. The van der Waals surface area contributed by atoms with Gasteiger partial charge in [0.15, 0.2) is 0 Å². The fraction of sp³-hybridized carbons (Fsp3) is 0.259. The van der Waals surface area contributed by atoms with Crippen molar-refractivity contribution in [3.8, 4) is 11.5 Å². The number of ether oxygens (including phenoxy) is 2. The van der Waals surface area contributed by atoms with E-state index in [9.17, 15) is 14.0 Å². The largest absolute Gasteiger partial charge is 0.497 e. The zero-order chi connectivity index (χ0) is 23.9. The molecule has 4 rings (SSSR count). The lowest BCUT2D eigenvalue weighted by molar-refractivity contribution is -0.135. The van der Waals surface area contributed by atoms with Crippen molar-refractivity contribution in [2.24, 2.45) is 0 Å². The number of halogens is 1. The first-order valence-corrected chi connectivity index (χ1v) is 11.2. The lowest BCUT2D eigenvalue weighted by Gasteiger charge is -2.34. The van der Waals surface area contributed by atoms with E-state index in [0.717, 1.165) is 0 Å². The number of carbonyl (C=O) groups is 2. The molecule has 1 saturated heterocycles. The van der Waals surface area contributed by atoms with Gasteiger partial charge in [0.05, 0.1) is 7.11 Å². The van der Waals surface area contributed by atoms with Crippen LogP contribution in [0.15, 0.2) is 78.9 Å². The molecule has 2 amide bonds. The number of methoxy groups -OCH3 is 1. The summed E-state index contributed by atoms with van der Waals surface area (Å²) in [4.78, 5) is 28.1. The van der Waals surface area contributed by atoms with E-state index in [0.29, 0.717) is 48.6 Å². The van der Waals surface area contributed by atoms with Crippen molar-refractivity contribution >= 4 is 11.8 Å². The van der Waals surface area contributed by atoms with Crippen molar-refractivity contribution in [1.29, 1.82) is 0 Å². The van der Waals surface area contributed by atoms with Gasteiger partial charge in [0.2, 0.25) is 5.91 Å². The Labute approximate surface area is 198 Å². The molecule has 3 aromatic carbocycles. The second-order valence-corrected chi connectivity index (χ2v) is 8.15. The third kappa shape index (κ3) is 5.73. The Morgan fingerprint density at radius 1 is 0.941 bits per heavy atom. The average molecular weight is 463 g/mol. The number of hydrogen-bond donors (Lipinski definition) is 1. The van der Waals surface area contributed by atoms with E-state index in [1.165, 1.54) is 12.1 Å². The fourth-order valence-electron chi connectivity index (χ4n) is 4.00. The summed E-state index contributed by atoms with van der Waals surface area (Å²) in [6.45, 7) is 0.973. The van der Waals surface area contributed by atoms with Gasteiger partial charge < -0.3 is 19.7 Å². The van der Waals surface area contributed by atoms with Crippen molar-refractivity contribution in [3.63, 3.8) is 0 Å².